The normalized spacial score (nSPS) is 15.2. The van der Waals surface area contributed by atoms with Gasteiger partial charge in [0.25, 0.3) is 5.91 Å². The van der Waals surface area contributed by atoms with Crippen molar-refractivity contribution in [2.24, 2.45) is 0 Å². The molecule has 0 spiro atoms. The minimum atomic E-state index is -0.0370. The Hall–Kier alpha value is -1.63. The zero-order valence-electron chi connectivity index (χ0n) is 14.0. The molecule has 2 rings (SSSR count). The first-order valence-electron chi connectivity index (χ1n) is 8.14. The second-order valence-electron chi connectivity index (χ2n) is 5.71. The van der Waals surface area contributed by atoms with Crippen molar-refractivity contribution in [2.45, 2.75) is 6.42 Å². The summed E-state index contributed by atoms with van der Waals surface area (Å²) >= 11 is 5.96. The molecular formula is C17H24ClN3O3. The number of hydrogen-bond donors (Lipinski definition) is 1. The number of hydrogen-bond acceptors (Lipinski definition) is 4. The van der Waals surface area contributed by atoms with Crippen LogP contribution in [-0.2, 0) is 9.53 Å². The molecule has 2 amide bonds. The van der Waals surface area contributed by atoms with E-state index in [0.717, 1.165) is 6.42 Å². The Morgan fingerprint density at radius 1 is 1.21 bits per heavy atom. The van der Waals surface area contributed by atoms with Crippen molar-refractivity contribution < 1.29 is 14.3 Å². The predicted octanol–water partition coefficient (Wildman–Crippen LogP) is 1.25. The largest absolute Gasteiger partial charge is 0.383 e. The lowest BCUT2D eigenvalue weighted by Gasteiger charge is -2.22. The van der Waals surface area contributed by atoms with Crippen LogP contribution in [-0.4, -0.2) is 74.6 Å². The van der Waals surface area contributed by atoms with Crippen molar-refractivity contribution in [3.8, 4) is 0 Å². The number of nitrogens with one attached hydrogen (secondary N) is 1. The summed E-state index contributed by atoms with van der Waals surface area (Å²) in [6.07, 6.45) is 0.774. The molecule has 1 saturated heterocycles. The van der Waals surface area contributed by atoms with Crippen LogP contribution in [0.15, 0.2) is 24.3 Å². The topological polar surface area (TPSA) is 61.9 Å². The first-order valence-corrected chi connectivity index (χ1v) is 8.52. The fourth-order valence-electron chi connectivity index (χ4n) is 2.66. The van der Waals surface area contributed by atoms with Crippen molar-refractivity contribution in [1.82, 2.24) is 15.1 Å². The van der Waals surface area contributed by atoms with Crippen molar-refractivity contribution in [1.29, 1.82) is 0 Å². The van der Waals surface area contributed by atoms with Gasteiger partial charge < -0.3 is 19.9 Å². The maximum Gasteiger partial charge on any atom is 0.253 e. The molecule has 0 radical (unpaired) electrons. The summed E-state index contributed by atoms with van der Waals surface area (Å²) in [6, 6.07) is 6.96. The first-order chi connectivity index (χ1) is 11.6. The Labute approximate surface area is 147 Å². The van der Waals surface area contributed by atoms with Crippen LogP contribution in [0.2, 0.25) is 5.02 Å². The van der Waals surface area contributed by atoms with E-state index in [1.807, 2.05) is 4.90 Å². The number of carbonyl (C=O) groups excluding carboxylic acids is 2. The molecule has 0 unspecified atom stereocenters. The molecule has 1 fully saturated rings. The summed E-state index contributed by atoms with van der Waals surface area (Å²) in [5.74, 6) is 0.0215. The van der Waals surface area contributed by atoms with E-state index in [0.29, 0.717) is 56.5 Å². The van der Waals surface area contributed by atoms with E-state index in [1.54, 1.807) is 36.3 Å². The molecule has 1 aliphatic rings. The van der Waals surface area contributed by atoms with Crippen LogP contribution in [0.4, 0.5) is 0 Å². The lowest BCUT2D eigenvalue weighted by atomic mass is 10.2. The SMILES string of the molecule is COCCNCC(=O)N1CCCN(C(=O)c2cccc(Cl)c2)CC1. The van der Waals surface area contributed by atoms with Crippen LogP contribution in [0.5, 0.6) is 0 Å². The summed E-state index contributed by atoms with van der Waals surface area (Å²) in [4.78, 5) is 28.4. The summed E-state index contributed by atoms with van der Waals surface area (Å²) in [7, 11) is 1.63. The lowest BCUT2D eigenvalue weighted by Crippen LogP contribution is -2.41. The standard InChI is InChI=1S/C17H24ClN3O3/c1-24-11-6-19-13-16(22)20-7-3-8-21(10-9-20)17(23)14-4-2-5-15(18)12-14/h2,4-5,12,19H,3,6-11,13H2,1H3. The minimum absolute atomic E-state index is 0.0370. The van der Waals surface area contributed by atoms with Gasteiger partial charge in [-0.2, -0.15) is 0 Å². The Morgan fingerprint density at radius 3 is 2.71 bits per heavy atom. The third kappa shape index (κ3) is 5.47. The van der Waals surface area contributed by atoms with Gasteiger partial charge in [-0.05, 0) is 24.6 Å². The molecule has 7 heteroatoms. The van der Waals surface area contributed by atoms with Gasteiger partial charge in [0.1, 0.15) is 0 Å². The second kappa shape index (κ2) is 9.61. The van der Waals surface area contributed by atoms with Gasteiger partial charge in [0.15, 0.2) is 0 Å². The Bertz CT molecular complexity index is 568. The van der Waals surface area contributed by atoms with E-state index in [9.17, 15) is 9.59 Å². The number of ether oxygens (including phenoxy) is 1. The molecule has 1 aromatic rings. The molecule has 1 heterocycles. The van der Waals surface area contributed by atoms with Crippen LogP contribution >= 0.6 is 11.6 Å². The number of amides is 2. The number of methoxy groups -OCH3 is 1. The van der Waals surface area contributed by atoms with E-state index in [2.05, 4.69) is 5.32 Å². The molecule has 0 saturated carbocycles. The van der Waals surface area contributed by atoms with E-state index in [-0.39, 0.29) is 11.8 Å². The molecule has 0 atom stereocenters. The summed E-state index contributed by atoms with van der Waals surface area (Å²) in [5, 5.41) is 3.61. The predicted molar refractivity (Wildman–Crippen MR) is 93.3 cm³/mol. The highest BCUT2D eigenvalue weighted by atomic mass is 35.5. The van der Waals surface area contributed by atoms with Crippen LogP contribution in [0.1, 0.15) is 16.8 Å². The van der Waals surface area contributed by atoms with Crippen molar-refractivity contribution in [2.75, 3.05) is 53.0 Å². The average molecular weight is 354 g/mol. The molecule has 24 heavy (non-hydrogen) atoms. The smallest absolute Gasteiger partial charge is 0.253 e. The summed E-state index contributed by atoms with van der Waals surface area (Å²) in [5.41, 5.74) is 0.587. The molecule has 1 N–H and O–H groups in total. The van der Waals surface area contributed by atoms with Crippen LogP contribution < -0.4 is 5.32 Å². The van der Waals surface area contributed by atoms with Gasteiger partial charge in [-0.15, -0.1) is 0 Å². The van der Waals surface area contributed by atoms with Crippen LogP contribution in [0, 0.1) is 0 Å². The highest BCUT2D eigenvalue weighted by molar-refractivity contribution is 6.30. The zero-order chi connectivity index (χ0) is 17.4. The van der Waals surface area contributed by atoms with Crippen LogP contribution in [0.25, 0.3) is 0 Å². The molecule has 132 valence electrons. The van der Waals surface area contributed by atoms with Gasteiger partial charge in [-0.25, -0.2) is 0 Å². The highest BCUT2D eigenvalue weighted by Gasteiger charge is 2.22. The third-order valence-corrected chi connectivity index (χ3v) is 4.20. The molecule has 1 aliphatic heterocycles. The van der Waals surface area contributed by atoms with E-state index in [1.165, 1.54) is 0 Å². The van der Waals surface area contributed by atoms with Gasteiger partial charge in [-0.3, -0.25) is 9.59 Å². The molecule has 6 nitrogen and oxygen atoms in total. The maximum absolute atomic E-state index is 12.6. The minimum Gasteiger partial charge on any atom is -0.383 e. The number of rotatable bonds is 6. The van der Waals surface area contributed by atoms with Crippen molar-refractivity contribution in [3.05, 3.63) is 34.9 Å². The molecular weight excluding hydrogens is 330 g/mol. The molecule has 0 bridgehead atoms. The van der Waals surface area contributed by atoms with Crippen LogP contribution in [0.3, 0.4) is 0 Å². The van der Waals surface area contributed by atoms with E-state index in [4.69, 9.17) is 16.3 Å². The van der Waals surface area contributed by atoms with Gasteiger partial charge in [0.2, 0.25) is 5.91 Å². The Morgan fingerprint density at radius 2 is 1.96 bits per heavy atom. The zero-order valence-corrected chi connectivity index (χ0v) is 14.7. The van der Waals surface area contributed by atoms with Crippen molar-refractivity contribution in [3.63, 3.8) is 0 Å². The Balaban J connectivity index is 1.85. The fraction of sp³-hybridized carbons (Fsp3) is 0.529. The average Bonchev–Trinajstić information content (AvgIpc) is 2.84. The monoisotopic (exact) mass is 353 g/mol. The van der Waals surface area contributed by atoms with Gasteiger partial charge >= 0.3 is 0 Å². The summed E-state index contributed by atoms with van der Waals surface area (Å²) < 4.78 is 4.94. The van der Waals surface area contributed by atoms with E-state index >= 15 is 0 Å². The van der Waals surface area contributed by atoms with Crippen molar-refractivity contribution >= 4 is 23.4 Å². The summed E-state index contributed by atoms with van der Waals surface area (Å²) in [6.45, 7) is 3.93. The van der Waals surface area contributed by atoms with Gasteiger partial charge in [0, 0.05) is 50.4 Å². The quantitative estimate of drug-likeness (QED) is 0.782. The molecule has 0 aromatic heterocycles. The first kappa shape index (κ1) is 18.7. The number of benzene rings is 1. The Kier molecular flexibility index (Phi) is 7.49. The van der Waals surface area contributed by atoms with Gasteiger partial charge in [0.05, 0.1) is 13.2 Å². The van der Waals surface area contributed by atoms with E-state index < -0.39 is 0 Å². The third-order valence-electron chi connectivity index (χ3n) is 3.97. The molecule has 0 aliphatic carbocycles. The van der Waals surface area contributed by atoms with Gasteiger partial charge in [-0.1, -0.05) is 17.7 Å². The maximum atomic E-state index is 12.6. The fourth-order valence-corrected chi connectivity index (χ4v) is 2.85. The second-order valence-corrected chi connectivity index (χ2v) is 6.14. The number of halogens is 1. The number of nitrogens with zero attached hydrogens (tertiary/aromatic N) is 2. The molecule has 1 aromatic carbocycles. The lowest BCUT2D eigenvalue weighted by molar-refractivity contribution is -0.130. The highest BCUT2D eigenvalue weighted by Crippen LogP contribution is 2.14. The number of carbonyl (C=O) groups is 2.